The maximum Gasteiger partial charge on any atom is 0.338 e. The Morgan fingerprint density at radius 3 is 2.83 bits per heavy atom. The molecule has 0 radical (unpaired) electrons. The van der Waals surface area contributed by atoms with Gasteiger partial charge in [-0.15, -0.1) is 11.3 Å². The van der Waals surface area contributed by atoms with Crippen LogP contribution < -0.4 is 5.73 Å². The summed E-state index contributed by atoms with van der Waals surface area (Å²) in [5, 5.41) is 1.96. The van der Waals surface area contributed by atoms with E-state index < -0.39 is 0 Å². The van der Waals surface area contributed by atoms with Crippen molar-refractivity contribution in [3.8, 4) is 0 Å². The number of benzene rings is 1. The van der Waals surface area contributed by atoms with E-state index in [9.17, 15) is 4.79 Å². The van der Waals surface area contributed by atoms with Crippen molar-refractivity contribution in [3.63, 3.8) is 0 Å². The summed E-state index contributed by atoms with van der Waals surface area (Å²) in [6, 6.07) is 7.39. The smallest absolute Gasteiger partial charge is 0.338 e. The topological polar surface area (TPSA) is 52.3 Å². The Bertz CT molecular complexity index is 561. The molecule has 0 aliphatic heterocycles. The van der Waals surface area contributed by atoms with Gasteiger partial charge in [0, 0.05) is 10.6 Å². The van der Waals surface area contributed by atoms with Crippen LogP contribution in [0.2, 0.25) is 0 Å². The number of hydrogen-bond donors (Lipinski definition) is 1. The van der Waals surface area contributed by atoms with Gasteiger partial charge in [-0.3, -0.25) is 0 Å². The van der Waals surface area contributed by atoms with Gasteiger partial charge in [-0.05, 0) is 48.6 Å². The van der Waals surface area contributed by atoms with Crippen LogP contribution in [0, 0.1) is 13.8 Å². The van der Waals surface area contributed by atoms with Crippen LogP contribution in [-0.4, -0.2) is 5.97 Å². The molecule has 3 nitrogen and oxygen atoms in total. The number of carbonyl (C=O) groups is 1. The lowest BCUT2D eigenvalue weighted by atomic mass is 10.0. The molecule has 0 unspecified atom stereocenters. The van der Waals surface area contributed by atoms with Gasteiger partial charge >= 0.3 is 5.97 Å². The molecule has 0 aliphatic carbocycles. The molecule has 1 aromatic heterocycles. The number of hydrogen-bond acceptors (Lipinski definition) is 4. The second-order valence-electron chi connectivity index (χ2n) is 4.17. The number of nitrogens with two attached hydrogens (primary N) is 1. The van der Waals surface area contributed by atoms with Crippen molar-refractivity contribution < 1.29 is 9.53 Å². The monoisotopic (exact) mass is 261 g/mol. The zero-order valence-corrected chi connectivity index (χ0v) is 11.2. The summed E-state index contributed by atoms with van der Waals surface area (Å²) >= 11 is 1.57. The van der Waals surface area contributed by atoms with E-state index in [1.165, 1.54) is 0 Å². The molecule has 18 heavy (non-hydrogen) atoms. The molecule has 0 amide bonds. The molecule has 0 spiro atoms. The minimum atomic E-state index is -0.323. The minimum absolute atomic E-state index is 0.309. The molecule has 4 heteroatoms. The van der Waals surface area contributed by atoms with E-state index >= 15 is 0 Å². The predicted octanol–water partition coefficient (Wildman–Crippen LogP) is 3.30. The Balaban J connectivity index is 2.14. The van der Waals surface area contributed by atoms with Crippen LogP contribution in [0.3, 0.4) is 0 Å². The van der Waals surface area contributed by atoms with Crippen molar-refractivity contribution in [1.29, 1.82) is 0 Å². The molecule has 0 atom stereocenters. The number of ether oxygens (including phenoxy) is 1. The van der Waals surface area contributed by atoms with Gasteiger partial charge in [0.15, 0.2) is 0 Å². The summed E-state index contributed by atoms with van der Waals surface area (Å²) in [6.07, 6.45) is 0. The maximum absolute atomic E-state index is 12.0. The first-order valence-electron chi connectivity index (χ1n) is 5.64. The van der Waals surface area contributed by atoms with Gasteiger partial charge < -0.3 is 10.5 Å². The van der Waals surface area contributed by atoms with Crippen LogP contribution in [-0.2, 0) is 11.3 Å². The van der Waals surface area contributed by atoms with Crippen LogP contribution in [0.25, 0.3) is 0 Å². The molecule has 0 bridgehead atoms. The fourth-order valence-electron chi connectivity index (χ4n) is 1.71. The highest BCUT2D eigenvalue weighted by atomic mass is 32.1. The first-order chi connectivity index (χ1) is 8.58. The molecule has 1 aromatic carbocycles. The van der Waals surface area contributed by atoms with Crippen LogP contribution >= 0.6 is 11.3 Å². The lowest BCUT2D eigenvalue weighted by Gasteiger charge is -2.09. The molecule has 0 saturated heterocycles. The third-order valence-electron chi connectivity index (χ3n) is 2.84. The summed E-state index contributed by atoms with van der Waals surface area (Å²) in [7, 11) is 0. The lowest BCUT2D eigenvalue weighted by molar-refractivity contribution is 0.0476. The first kappa shape index (κ1) is 12.6. The molecule has 0 aliphatic rings. The predicted molar refractivity (Wildman–Crippen MR) is 73.8 cm³/mol. The molecule has 94 valence electrons. The molecule has 0 saturated carbocycles. The highest BCUT2D eigenvalue weighted by Crippen LogP contribution is 2.19. The summed E-state index contributed by atoms with van der Waals surface area (Å²) in [5.41, 5.74) is 8.80. The molecular formula is C14H15NO2S. The average molecular weight is 261 g/mol. The fraction of sp³-hybridized carbons (Fsp3) is 0.214. The van der Waals surface area contributed by atoms with Crippen LogP contribution in [0.4, 0.5) is 5.69 Å². The van der Waals surface area contributed by atoms with E-state index in [0.29, 0.717) is 17.9 Å². The third kappa shape index (κ3) is 2.71. The molecule has 2 aromatic rings. The van der Waals surface area contributed by atoms with Crippen LogP contribution in [0.15, 0.2) is 29.6 Å². The maximum atomic E-state index is 12.0. The summed E-state index contributed by atoms with van der Waals surface area (Å²) in [4.78, 5) is 13.0. The van der Waals surface area contributed by atoms with E-state index in [0.717, 1.165) is 16.0 Å². The first-order valence-corrected chi connectivity index (χ1v) is 6.52. The lowest BCUT2D eigenvalue weighted by Crippen LogP contribution is -2.08. The Morgan fingerprint density at radius 2 is 2.17 bits per heavy atom. The number of aryl methyl sites for hydroxylation is 1. The van der Waals surface area contributed by atoms with Crippen molar-refractivity contribution in [3.05, 3.63) is 51.2 Å². The van der Waals surface area contributed by atoms with Gasteiger partial charge in [0.25, 0.3) is 0 Å². The van der Waals surface area contributed by atoms with Gasteiger partial charge in [0.2, 0.25) is 0 Å². The number of anilines is 1. The third-order valence-corrected chi connectivity index (χ3v) is 3.69. The van der Waals surface area contributed by atoms with Gasteiger partial charge in [-0.25, -0.2) is 4.79 Å². The quantitative estimate of drug-likeness (QED) is 0.681. The Kier molecular flexibility index (Phi) is 3.67. The van der Waals surface area contributed by atoms with Crippen LogP contribution in [0.5, 0.6) is 0 Å². The van der Waals surface area contributed by atoms with Gasteiger partial charge in [0.05, 0.1) is 5.56 Å². The van der Waals surface area contributed by atoms with Gasteiger partial charge in [-0.2, -0.15) is 0 Å². The molecular weight excluding hydrogens is 246 g/mol. The molecule has 2 N–H and O–H groups in total. The minimum Gasteiger partial charge on any atom is -0.456 e. The van der Waals surface area contributed by atoms with Gasteiger partial charge in [0.1, 0.15) is 6.61 Å². The number of rotatable bonds is 3. The highest BCUT2D eigenvalue weighted by Gasteiger charge is 2.13. The average Bonchev–Trinajstić information content (AvgIpc) is 2.83. The standard InChI is InChI=1S/C14H15NO2S/c1-9-6-11(15)7-13(10(9)2)14(16)17-8-12-4-3-5-18-12/h3-7H,8,15H2,1-2H3. The molecule has 1 heterocycles. The SMILES string of the molecule is Cc1cc(N)cc(C(=O)OCc2cccs2)c1C. The highest BCUT2D eigenvalue weighted by molar-refractivity contribution is 7.09. The van der Waals surface area contributed by atoms with E-state index in [1.807, 2.05) is 37.4 Å². The fourth-order valence-corrected chi connectivity index (χ4v) is 2.32. The van der Waals surface area contributed by atoms with E-state index in [2.05, 4.69) is 0 Å². The Hall–Kier alpha value is -1.81. The van der Waals surface area contributed by atoms with Crippen LogP contribution in [0.1, 0.15) is 26.4 Å². The Labute approximate surface area is 110 Å². The zero-order chi connectivity index (χ0) is 13.1. The second-order valence-corrected chi connectivity index (χ2v) is 5.20. The van der Waals surface area contributed by atoms with E-state index in [-0.39, 0.29) is 5.97 Å². The summed E-state index contributed by atoms with van der Waals surface area (Å²) in [5.74, 6) is -0.323. The molecule has 0 fully saturated rings. The normalized spacial score (nSPS) is 10.3. The molecule has 2 rings (SSSR count). The van der Waals surface area contributed by atoms with Crippen molar-refractivity contribution in [2.75, 3.05) is 5.73 Å². The summed E-state index contributed by atoms with van der Waals surface area (Å²) in [6.45, 7) is 4.14. The zero-order valence-electron chi connectivity index (χ0n) is 10.4. The van der Waals surface area contributed by atoms with Crippen molar-refractivity contribution in [2.24, 2.45) is 0 Å². The number of esters is 1. The van der Waals surface area contributed by atoms with E-state index in [4.69, 9.17) is 10.5 Å². The second kappa shape index (κ2) is 5.23. The van der Waals surface area contributed by atoms with Gasteiger partial charge in [-0.1, -0.05) is 6.07 Å². The summed E-state index contributed by atoms with van der Waals surface area (Å²) < 4.78 is 5.28. The Morgan fingerprint density at radius 1 is 1.39 bits per heavy atom. The number of thiophene rings is 1. The largest absolute Gasteiger partial charge is 0.456 e. The van der Waals surface area contributed by atoms with Crippen molar-refractivity contribution in [1.82, 2.24) is 0 Å². The van der Waals surface area contributed by atoms with E-state index in [1.54, 1.807) is 17.4 Å². The van der Waals surface area contributed by atoms with Crippen molar-refractivity contribution in [2.45, 2.75) is 20.5 Å². The van der Waals surface area contributed by atoms with Crippen molar-refractivity contribution >= 4 is 23.0 Å². The number of carbonyl (C=O) groups excluding carboxylic acids is 1. The number of nitrogen functional groups attached to an aromatic ring is 1.